The number of rotatable bonds is 3. The fourth-order valence-electron chi connectivity index (χ4n) is 4.37. The number of hydrogen-bond donors (Lipinski definition) is 1. The number of aromatic nitrogens is 2. The lowest BCUT2D eigenvalue weighted by molar-refractivity contribution is 0.137. The molecule has 23 heavy (non-hydrogen) atoms. The van der Waals surface area contributed by atoms with Crippen LogP contribution in [0.15, 0.2) is 23.0 Å². The number of benzene rings is 1. The number of piperidine rings is 1. The summed E-state index contributed by atoms with van der Waals surface area (Å²) in [5.41, 5.74) is 1.87. The SMILES string of the molecule is COc1ccc2[nH]c(=O)n(C3CCN(C4CCCC4)CC3)c2c1. The number of nitrogens with zero attached hydrogens (tertiary/aromatic N) is 2. The second kappa shape index (κ2) is 6.04. The number of H-pyrrole nitrogens is 1. The maximum atomic E-state index is 12.4. The summed E-state index contributed by atoms with van der Waals surface area (Å²) in [5.74, 6) is 0.800. The molecule has 2 fully saturated rings. The number of fused-ring (bicyclic) bond motifs is 1. The Balaban J connectivity index is 1.57. The van der Waals surface area contributed by atoms with E-state index in [1.165, 1.54) is 25.7 Å². The third-order valence-corrected chi connectivity index (χ3v) is 5.63. The van der Waals surface area contributed by atoms with E-state index in [9.17, 15) is 4.79 Å². The van der Waals surface area contributed by atoms with Crippen molar-refractivity contribution in [1.29, 1.82) is 0 Å². The van der Waals surface area contributed by atoms with Crippen LogP contribution in [0, 0.1) is 0 Å². The summed E-state index contributed by atoms with van der Waals surface area (Å²) in [6.45, 7) is 2.22. The maximum Gasteiger partial charge on any atom is 0.326 e. The van der Waals surface area contributed by atoms with Gasteiger partial charge in [0.2, 0.25) is 0 Å². The first-order valence-corrected chi connectivity index (χ1v) is 8.78. The minimum atomic E-state index is 0.00701. The largest absolute Gasteiger partial charge is 0.497 e. The number of hydrogen-bond acceptors (Lipinski definition) is 3. The van der Waals surface area contributed by atoms with Crippen molar-refractivity contribution < 1.29 is 4.74 Å². The van der Waals surface area contributed by atoms with E-state index in [1.54, 1.807) is 7.11 Å². The standard InChI is InChI=1S/C18H25N3O2/c1-23-15-6-7-16-17(12-15)21(18(22)19-16)14-8-10-20(11-9-14)13-4-2-3-5-13/h6-7,12-14H,2-5,8-11H2,1H3,(H,19,22). The van der Waals surface area contributed by atoms with E-state index < -0.39 is 0 Å². The van der Waals surface area contributed by atoms with Crippen LogP contribution in [0.3, 0.4) is 0 Å². The summed E-state index contributed by atoms with van der Waals surface area (Å²) in [7, 11) is 1.66. The Morgan fingerprint density at radius 3 is 2.52 bits per heavy atom. The Morgan fingerprint density at radius 1 is 1.09 bits per heavy atom. The molecule has 0 radical (unpaired) electrons. The molecule has 0 bridgehead atoms. The topological polar surface area (TPSA) is 50.3 Å². The number of nitrogens with one attached hydrogen (secondary N) is 1. The van der Waals surface area contributed by atoms with Crippen molar-refractivity contribution in [3.05, 3.63) is 28.7 Å². The lowest BCUT2D eigenvalue weighted by Gasteiger charge is -2.36. The van der Waals surface area contributed by atoms with Gasteiger partial charge in [-0.25, -0.2) is 4.79 Å². The predicted octanol–water partition coefficient (Wildman–Crippen LogP) is 2.92. The molecule has 4 rings (SSSR count). The Bertz CT molecular complexity index is 734. The number of methoxy groups -OCH3 is 1. The minimum Gasteiger partial charge on any atom is -0.497 e. The molecule has 5 nitrogen and oxygen atoms in total. The molecule has 5 heteroatoms. The molecular formula is C18H25N3O2. The van der Waals surface area contributed by atoms with Gasteiger partial charge in [0.1, 0.15) is 5.75 Å². The highest BCUT2D eigenvalue weighted by Gasteiger charge is 2.29. The first kappa shape index (κ1) is 14.8. The molecular weight excluding hydrogens is 290 g/mol. The van der Waals surface area contributed by atoms with Gasteiger partial charge in [-0.3, -0.25) is 4.57 Å². The van der Waals surface area contributed by atoms with Gasteiger partial charge in [0.05, 0.1) is 18.1 Å². The molecule has 2 heterocycles. The smallest absolute Gasteiger partial charge is 0.326 e. The van der Waals surface area contributed by atoms with Crippen LogP contribution in [-0.4, -0.2) is 40.7 Å². The van der Waals surface area contributed by atoms with Crippen LogP contribution in [0.25, 0.3) is 11.0 Å². The molecule has 124 valence electrons. The van der Waals surface area contributed by atoms with Gasteiger partial charge < -0.3 is 14.6 Å². The van der Waals surface area contributed by atoms with E-state index in [0.717, 1.165) is 48.8 Å². The van der Waals surface area contributed by atoms with Crippen LogP contribution >= 0.6 is 0 Å². The van der Waals surface area contributed by atoms with E-state index in [0.29, 0.717) is 6.04 Å². The Labute approximate surface area is 136 Å². The first-order chi connectivity index (χ1) is 11.3. The molecule has 0 spiro atoms. The minimum absolute atomic E-state index is 0.00701. The van der Waals surface area contributed by atoms with E-state index in [4.69, 9.17) is 4.74 Å². The number of imidazole rings is 1. The van der Waals surface area contributed by atoms with Gasteiger partial charge in [-0.05, 0) is 37.8 Å². The summed E-state index contributed by atoms with van der Waals surface area (Å²) in [6, 6.07) is 6.87. The molecule has 2 aromatic rings. The average molecular weight is 315 g/mol. The van der Waals surface area contributed by atoms with Gasteiger partial charge in [-0.1, -0.05) is 12.8 Å². The Morgan fingerprint density at radius 2 is 1.83 bits per heavy atom. The third kappa shape index (κ3) is 2.67. The van der Waals surface area contributed by atoms with Crippen molar-refractivity contribution in [2.75, 3.05) is 20.2 Å². The van der Waals surface area contributed by atoms with E-state index in [-0.39, 0.29) is 5.69 Å². The van der Waals surface area contributed by atoms with Crippen LogP contribution in [0.1, 0.15) is 44.6 Å². The highest BCUT2D eigenvalue weighted by atomic mass is 16.5. The van der Waals surface area contributed by atoms with Gasteiger partial charge in [0.25, 0.3) is 0 Å². The van der Waals surface area contributed by atoms with E-state index in [2.05, 4.69) is 9.88 Å². The molecule has 1 aliphatic carbocycles. The van der Waals surface area contributed by atoms with Crippen molar-refractivity contribution in [3.63, 3.8) is 0 Å². The van der Waals surface area contributed by atoms with Crippen LogP contribution in [0.5, 0.6) is 5.75 Å². The molecule has 1 aromatic heterocycles. The summed E-state index contributed by atoms with van der Waals surface area (Å²) < 4.78 is 7.27. The summed E-state index contributed by atoms with van der Waals surface area (Å²) in [6.07, 6.45) is 7.59. The number of ether oxygens (including phenoxy) is 1. The lowest BCUT2D eigenvalue weighted by Crippen LogP contribution is -2.41. The van der Waals surface area contributed by atoms with Crippen molar-refractivity contribution in [3.8, 4) is 5.75 Å². The maximum absolute atomic E-state index is 12.4. The van der Waals surface area contributed by atoms with Gasteiger partial charge in [-0.15, -0.1) is 0 Å². The molecule has 0 amide bonds. The average Bonchev–Trinajstić information content (AvgIpc) is 3.21. The highest BCUT2D eigenvalue weighted by Crippen LogP contribution is 2.31. The predicted molar refractivity (Wildman–Crippen MR) is 91.2 cm³/mol. The summed E-state index contributed by atoms with van der Waals surface area (Å²) in [5, 5.41) is 0. The highest BCUT2D eigenvalue weighted by molar-refractivity contribution is 5.77. The van der Waals surface area contributed by atoms with Crippen molar-refractivity contribution in [2.24, 2.45) is 0 Å². The third-order valence-electron chi connectivity index (χ3n) is 5.63. The van der Waals surface area contributed by atoms with E-state index >= 15 is 0 Å². The molecule has 1 aliphatic heterocycles. The quantitative estimate of drug-likeness (QED) is 0.947. The molecule has 1 aromatic carbocycles. The zero-order valence-electron chi connectivity index (χ0n) is 13.8. The number of aromatic amines is 1. The van der Waals surface area contributed by atoms with Gasteiger partial charge in [-0.2, -0.15) is 0 Å². The van der Waals surface area contributed by atoms with Crippen molar-refractivity contribution >= 4 is 11.0 Å². The summed E-state index contributed by atoms with van der Waals surface area (Å²) >= 11 is 0. The first-order valence-electron chi connectivity index (χ1n) is 8.78. The fourth-order valence-corrected chi connectivity index (χ4v) is 4.37. The monoisotopic (exact) mass is 315 g/mol. The Kier molecular flexibility index (Phi) is 3.89. The van der Waals surface area contributed by atoms with Crippen LogP contribution in [-0.2, 0) is 0 Å². The van der Waals surface area contributed by atoms with Crippen LogP contribution < -0.4 is 10.4 Å². The molecule has 1 saturated carbocycles. The summed E-state index contributed by atoms with van der Waals surface area (Å²) in [4.78, 5) is 18.1. The second-order valence-electron chi connectivity index (χ2n) is 6.89. The molecule has 0 unspecified atom stereocenters. The van der Waals surface area contributed by atoms with Gasteiger partial charge >= 0.3 is 5.69 Å². The zero-order chi connectivity index (χ0) is 15.8. The second-order valence-corrected chi connectivity index (χ2v) is 6.89. The van der Waals surface area contributed by atoms with E-state index in [1.807, 2.05) is 22.8 Å². The Hall–Kier alpha value is -1.75. The van der Waals surface area contributed by atoms with Gasteiger partial charge in [0, 0.05) is 31.2 Å². The van der Waals surface area contributed by atoms with Gasteiger partial charge in [0.15, 0.2) is 0 Å². The molecule has 1 N–H and O–H groups in total. The molecule has 0 atom stereocenters. The lowest BCUT2D eigenvalue weighted by atomic mass is 10.0. The number of likely N-dealkylation sites (tertiary alicyclic amines) is 1. The normalized spacial score (nSPS) is 21.3. The fraction of sp³-hybridized carbons (Fsp3) is 0.611. The zero-order valence-corrected chi connectivity index (χ0v) is 13.8. The van der Waals surface area contributed by atoms with Crippen LogP contribution in [0.2, 0.25) is 0 Å². The molecule has 2 aliphatic rings. The van der Waals surface area contributed by atoms with Crippen molar-refractivity contribution in [1.82, 2.24) is 14.5 Å². The molecule has 1 saturated heterocycles. The van der Waals surface area contributed by atoms with Crippen LogP contribution in [0.4, 0.5) is 0 Å². The van der Waals surface area contributed by atoms with Crippen molar-refractivity contribution in [2.45, 2.75) is 50.6 Å².